The van der Waals surface area contributed by atoms with Gasteiger partial charge in [0.25, 0.3) is 0 Å². The highest BCUT2D eigenvalue weighted by atomic mass is 16.7. The van der Waals surface area contributed by atoms with Gasteiger partial charge in [0, 0.05) is 0 Å². The summed E-state index contributed by atoms with van der Waals surface area (Å²) in [6.45, 7) is 8.16. The molecule has 2 fully saturated rings. The van der Waals surface area contributed by atoms with Gasteiger partial charge in [0.2, 0.25) is 0 Å². The standard InChI is InChI=1S/C11H18BN3O2/c1-10(2)11(3,4)17-12(16-10)9-7-13-15(14-9)8-5-6-8/h7-8H,5-6H2,1-4H3. The van der Waals surface area contributed by atoms with Crippen LogP contribution in [0.5, 0.6) is 0 Å². The van der Waals surface area contributed by atoms with E-state index in [9.17, 15) is 0 Å². The van der Waals surface area contributed by atoms with Gasteiger partial charge in [0.05, 0.1) is 23.4 Å². The molecule has 3 rings (SSSR count). The summed E-state index contributed by atoms with van der Waals surface area (Å²) < 4.78 is 11.9. The molecule has 17 heavy (non-hydrogen) atoms. The smallest absolute Gasteiger partial charge is 0.398 e. The molecule has 1 aromatic heterocycles. The second-order valence-corrected chi connectivity index (χ2v) is 5.91. The Morgan fingerprint density at radius 3 is 2.35 bits per heavy atom. The van der Waals surface area contributed by atoms with E-state index >= 15 is 0 Å². The molecule has 0 spiro atoms. The Hall–Kier alpha value is -0.875. The van der Waals surface area contributed by atoms with Crippen molar-refractivity contribution in [1.29, 1.82) is 0 Å². The molecular weight excluding hydrogens is 217 g/mol. The van der Waals surface area contributed by atoms with Crippen molar-refractivity contribution in [3.8, 4) is 0 Å². The van der Waals surface area contributed by atoms with Crippen molar-refractivity contribution < 1.29 is 9.31 Å². The second kappa shape index (κ2) is 3.33. The third-order valence-electron chi connectivity index (χ3n) is 3.89. The maximum atomic E-state index is 5.93. The molecule has 1 saturated carbocycles. The summed E-state index contributed by atoms with van der Waals surface area (Å²) in [5.41, 5.74) is 0.137. The van der Waals surface area contributed by atoms with Gasteiger partial charge in [-0.1, -0.05) is 0 Å². The Balaban J connectivity index is 1.81. The Bertz CT molecular complexity index is 424. The molecular formula is C11H18BN3O2. The minimum Gasteiger partial charge on any atom is -0.398 e. The van der Waals surface area contributed by atoms with Crippen molar-refractivity contribution in [2.45, 2.75) is 57.8 Å². The topological polar surface area (TPSA) is 49.2 Å². The third-order valence-corrected chi connectivity index (χ3v) is 3.89. The highest BCUT2D eigenvalue weighted by Crippen LogP contribution is 2.36. The number of hydrogen-bond acceptors (Lipinski definition) is 4. The first-order chi connectivity index (χ1) is 7.89. The monoisotopic (exact) mass is 235 g/mol. The van der Waals surface area contributed by atoms with Crippen molar-refractivity contribution >= 4 is 12.7 Å². The number of rotatable bonds is 2. The lowest BCUT2D eigenvalue weighted by atomic mass is 9.86. The highest BCUT2D eigenvalue weighted by molar-refractivity contribution is 6.61. The fourth-order valence-electron chi connectivity index (χ4n) is 1.84. The zero-order valence-corrected chi connectivity index (χ0v) is 10.8. The predicted octanol–water partition coefficient (Wildman–Crippen LogP) is 0.912. The van der Waals surface area contributed by atoms with Crippen LogP contribution in [0.25, 0.3) is 0 Å². The number of nitrogens with zero attached hydrogens (tertiary/aromatic N) is 3. The molecule has 0 atom stereocenters. The molecule has 2 aliphatic rings. The van der Waals surface area contributed by atoms with Gasteiger partial charge in [-0.2, -0.15) is 15.0 Å². The van der Waals surface area contributed by atoms with E-state index in [1.54, 1.807) is 11.0 Å². The Morgan fingerprint density at radius 2 is 1.82 bits per heavy atom. The average molecular weight is 235 g/mol. The first-order valence-electron chi connectivity index (χ1n) is 6.16. The van der Waals surface area contributed by atoms with E-state index in [-0.39, 0.29) is 11.2 Å². The van der Waals surface area contributed by atoms with Gasteiger partial charge in [0.15, 0.2) is 0 Å². The van der Waals surface area contributed by atoms with Crippen LogP contribution in [0.1, 0.15) is 46.6 Å². The van der Waals surface area contributed by atoms with Gasteiger partial charge < -0.3 is 9.31 Å². The maximum Gasteiger partial charge on any atom is 0.518 e. The molecule has 0 N–H and O–H groups in total. The van der Waals surface area contributed by atoms with Gasteiger partial charge in [-0.3, -0.25) is 0 Å². The van der Waals surface area contributed by atoms with E-state index in [1.165, 1.54) is 12.8 Å². The van der Waals surface area contributed by atoms with Crippen LogP contribution >= 0.6 is 0 Å². The Labute approximate surface area is 102 Å². The molecule has 0 bridgehead atoms. The van der Waals surface area contributed by atoms with E-state index in [1.807, 2.05) is 27.7 Å². The molecule has 0 amide bonds. The molecule has 1 aliphatic heterocycles. The summed E-state index contributed by atoms with van der Waals surface area (Å²) >= 11 is 0. The minimum atomic E-state index is -0.396. The van der Waals surface area contributed by atoms with E-state index in [0.717, 1.165) is 5.59 Å². The largest absolute Gasteiger partial charge is 0.518 e. The van der Waals surface area contributed by atoms with Crippen molar-refractivity contribution in [2.24, 2.45) is 0 Å². The summed E-state index contributed by atoms with van der Waals surface area (Å²) in [5, 5.41) is 8.70. The lowest BCUT2D eigenvalue weighted by Crippen LogP contribution is -2.41. The van der Waals surface area contributed by atoms with Gasteiger partial charge in [-0.05, 0) is 40.5 Å². The van der Waals surface area contributed by atoms with Crippen LogP contribution in [0, 0.1) is 0 Å². The molecule has 5 nitrogen and oxygen atoms in total. The summed E-state index contributed by atoms with van der Waals surface area (Å²) in [6, 6.07) is 0.492. The van der Waals surface area contributed by atoms with Gasteiger partial charge in [-0.25, -0.2) is 0 Å². The summed E-state index contributed by atoms with van der Waals surface area (Å²) in [7, 11) is -0.396. The van der Waals surface area contributed by atoms with Crippen molar-refractivity contribution in [3.05, 3.63) is 6.20 Å². The average Bonchev–Trinajstić information content (AvgIpc) is 2.89. The van der Waals surface area contributed by atoms with Crippen molar-refractivity contribution in [1.82, 2.24) is 15.0 Å². The lowest BCUT2D eigenvalue weighted by Gasteiger charge is -2.32. The van der Waals surface area contributed by atoms with Gasteiger partial charge >= 0.3 is 7.12 Å². The predicted molar refractivity (Wildman–Crippen MR) is 64.0 cm³/mol. The lowest BCUT2D eigenvalue weighted by molar-refractivity contribution is 0.00578. The van der Waals surface area contributed by atoms with Crippen LogP contribution in [0.4, 0.5) is 0 Å². The minimum absolute atomic E-state index is 0.318. The Morgan fingerprint density at radius 1 is 1.24 bits per heavy atom. The molecule has 92 valence electrons. The van der Waals surface area contributed by atoms with Crippen LogP contribution < -0.4 is 5.59 Å². The maximum absolute atomic E-state index is 5.93. The highest BCUT2D eigenvalue weighted by Gasteiger charge is 2.53. The number of aromatic nitrogens is 3. The fourth-order valence-corrected chi connectivity index (χ4v) is 1.84. The first kappa shape index (κ1) is 11.2. The molecule has 0 radical (unpaired) electrons. The molecule has 6 heteroatoms. The summed E-state index contributed by atoms with van der Waals surface area (Å²) in [6.07, 6.45) is 4.11. The van der Waals surface area contributed by atoms with E-state index < -0.39 is 7.12 Å². The molecule has 2 heterocycles. The molecule has 1 aliphatic carbocycles. The van der Waals surface area contributed by atoms with Crippen LogP contribution in [-0.4, -0.2) is 33.3 Å². The normalized spacial score (nSPS) is 26.5. The van der Waals surface area contributed by atoms with Crippen LogP contribution in [0.15, 0.2) is 6.20 Å². The van der Waals surface area contributed by atoms with Gasteiger partial charge in [0.1, 0.15) is 5.59 Å². The van der Waals surface area contributed by atoms with E-state index in [4.69, 9.17) is 9.31 Å². The SMILES string of the molecule is CC1(C)OB(c2cnn(C3CC3)n2)OC1(C)C. The third kappa shape index (κ3) is 1.79. The molecule has 1 saturated heterocycles. The first-order valence-corrected chi connectivity index (χ1v) is 6.16. The van der Waals surface area contributed by atoms with Crippen molar-refractivity contribution in [2.75, 3.05) is 0 Å². The van der Waals surface area contributed by atoms with E-state index in [0.29, 0.717) is 6.04 Å². The summed E-state index contributed by atoms with van der Waals surface area (Å²) in [5.74, 6) is 0. The second-order valence-electron chi connectivity index (χ2n) is 5.91. The summed E-state index contributed by atoms with van der Waals surface area (Å²) in [4.78, 5) is 1.78. The van der Waals surface area contributed by atoms with Crippen LogP contribution in [-0.2, 0) is 9.31 Å². The van der Waals surface area contributed by atoms with Crippen molar-refractivity contribution in [3.63, 3.8) is 0 Å². The number of hydrogen-bond donors (Lipinski definition) is 0. The molecule has 0 unspecified atom stereocenters. The van der Waals surface area contributed by atoms with Crippen LogP contribution in [0.3, 0.4) is 0 Å². The zero-order chi connectivity index (χ0) is 12.3. The zero-order valence-electron chi connectivity index (χ0n) is 10.8. The quantitative estimate of drug-likeness (QED) is 0.715. The molecule has 0 aromatic carbocycles. The molecule has 1 aromatic rings. The fraction of sp³-hybridized carbons (Fsp3) is 0.818. The Kier molecular flexibility index (Phi) is 2.20. The van der Waals surface area contributed by atoms with Crippen LogP contribution in [0.2, 0.25) is 0 Å². The van der Waals surface area contributed by atoms with E-state index in [2.05, 4.69) is 10.2 Å². The van der Waals surface area contributed by atoms with Gasteiger partial charge in [-0.15, -0.1) is 0 Å².